The van der Waals surface area contributed by atoms with Gasteiger partial charge in [-0.05, 0) is 43.0 Å². The Morgan fingerprint density at radius 2 is 2.17 bits per heavy atom. The van der Waals surface area contributed by atoms with Crippen LogP contribution in [0.5, 0.6) is 0 Å². The lowest BCUT2D eigenvalue weighted by atomic mass is 10.1. The SMILES string of the molecule is C=CCCc1cc(C)cc(F)c1. The molecule has 0 aromatic heterocycles. The van der Waals surface area contributed by atoms with Gasteiger partial charge in [-0.1, -0.05) is 12.1 Å². The van der Waals surface area contributed by atoms with Crippen LogP contribution in [0.2, 0.25) is 0 Å². The quantitative estimate of drug-likeness (QED) is 0.601. The number of aryl methyl sites for hydroxylation is 2. The first kappa shape index (κ1) is 8.98. The lowest BCUT2D eigenvalue weighted by molar-refractivity contribution is 0.624. The fourth-order valence-electron chi connectivity index (χ4n) is 1.23. The first-order valence-electron chi connectivity index (χ1n) is 4.09. The fraction of sp³-hybridized carbons (Fsp3) is 0.273. The van der Waals surface area contributed by atoms with E-state index in [1.165, 1.54) is 6.07 Å². The average Bonchev–Trinajstić information content (AvgIpc) is 1.99. The van der Waals surface area contributed by atoms with Crippen LogP contribution in [-0.2, 0) is 6.42 Å². The Kier molecular flexibility index (Phi) is 3.03. The van der Waals surface area contributed by atoms with E-state index < -0.39 is 0 Å². The lowest BCUT2D eigenvalue weighted by Gasteiger charge is -2.00. The maximum atomic E-state index is 12.8. The van der Waals surface area contributed by atoms with E-state index in [9.17, 15) is 4.39 Å². The normalized spacial score (nSPS) is 9.83. The van der Waals surface area contributed by atoms with E-state index in [1.807, 2.05) is 19.1 Å². The molecule has 0 aliphatic carbocycles. The summed E-state index contributed by atoms with van der Waals surface area (Å²) in [6, 6.07) is 5.13. The summed E-state index contributed by atoms with van der Waals surface area (Å²) in [6.07, 6.45) is 3.63. The van der Waals surface area contributed by atoms with Gasteiger partial charge in [-0.2, -0.15) is 0 Å². The predicted molar refractivity (Wildman–Crippen MR) is 49.7 cm³/mol. The zero-order chi connectivity index (χ0) is 8.97. The van der Waals surface area contributed by atoms with Crippen LogP contribution < -0.4 is 0 Å². The maximum Gasteiger partial charge on any atom is 0.123 e. The Bertz CT molecular complexity index is 256. The Balaban J connectivity index is 2.78. The summed E-state index contributed by atoms with van der Waals surface area (Å²) in [5.41, 5.74) is 2.03. The van der Waals surface area contributed by atoms with Crippen LogP contribution >= 0.6 is 0 Å². The van der Waals surface area contributed by atoms with Gasteiger partial charge in [0.2, 0.25) is 0 Å². The maximum absolute atomic E-state index is 12.8. The zero-order valence-corrected chi connectivity index (χ0v) is 7.31. The molecule has 1 rings (SSSR count). The van der Waals surface area contributed by atoms with Crippen molar-refractivity contribution in [1.82, 2.24) is 0 Å². The van der Waals surface area contributed by atoms with Crippen LogP contribution in [0.25, 0.3) is 0 Å². The number of halogens is 1. The molecule has 0 bridgehead atoms. The van der Waals surface area contributed by atoms with Gasteiger partial charge in [0, 0.05) is 0 Å². The van der Waals surface area contributed by atoms with Crippen molar-refractivity contribution in [2.45, 2.75) is 19.8 Å². The molecule has 0 spiro atoms. The third-order valence-electron chi connectivity index (χ3n) is 1.74. The molecule has 0 saturated heterocycles. The summed E-state index contributed by atoms with van der Waals surface area (Å²) in [7, 11) is 0. The first-order valence-corrected chi connectivity index (χ1v) is 4.09. The molecule has 0 N–H and O–H groups in total. The number of hydrogen-bond acceptors (Lipinski definition) is 0. The standard InChI is InChI=1S/C11H13F/c1-3-4-5-10-6-9(2)7-11(12)8-10/h3,6-8H,1,4-5H2,2H3. The number of benzene rings is 1. The van der Waals surface area contributed by atoms with Crippen molar-refractivity contribution in [2.24, 2.45) is 0 Å². The highest BCUT2D eigenvalue weighted by Crippen LogP contribution is 2.10. The van der Waals surface area contributed by atoms with Crippen LogP contribution in [0.1, 0.15) is 17.5 Å². The zero-order valence-electron chi connectivity index (χ0n) is 7.31. The van der Waals surface area contributed by atoms with Crippen LogP contribution in [0.4, 0.5) is 4.39 Å². The van der Waals surface area contributed by atoms with E-state index in [2.05, 4.69) is 6.58 Å². The molecule has 0 amide bonds. The highest BCUT2D eigenvalue weighted by molar-refractivity contribution is 5.23. The second-order valence-electron chi connectivity index (χ2n) is 2.96. The largest absolute Gasteiger partial charge is 0.207 e. The third kappa shape index (κ3) is 2.50. The van der Waals surface area contributed by atoms with Crippen molar-refractivity contribution in [3.63, 3.8) is 0 Å². The summed E-state index contributed by atoms with van der Waals surface area (Å²) < 4.78 is 12.8. The average molecular weight is 164 g/mol. The van der Waals surface area contributed by atoms with Gasteiger partial charge in [0.1, 0.15) is 5.82 Å². The Morgan fingerprint density at radius 1 is 1.42 bits per heavy atom. The van der Waals surface area contributed by atoms with Gasteiger partial charge >= 0.3 is 0 Å². The molecule has 1 aromatic rings. The minimum absolute atomic E-state index is 0.144. The smallest absolute Gasteiger partial charge is 0.123 e. The van der Waals surface area contributed by atoms with Crippen molar-refractivity contribution >= 4 is 0 Å². The van der Waals surface area contributed by atoms with Crippen LogP contribution in [-0.4, -0.2) is 0 Å². The Labute approximate surface area is 72.7 Å². The summed E-state index contributed by atoms with van der Waals surface area (Å²) >= 11 is 0. The van der Waals surface area contributed by atoms with E-state index >= 15 is 0 Å². The number of hydrogen-bond donors (Lipinski definition) is 0. The van der Waals surface area contributed by atoms with Crippen molar-refractivity contribution in [3.8, 4) is 0 Å². The van der Waals surface area contributed by atoms with Crippen molar-refractivity contribution in [3.05, 3.63) is 47.8 Å². The van der Waals surface area contributed by atoms with Gasteiger partial charge in [0.15, 0.2) is 0 Å². The Hall–Kier alpha value is -1.11. The van der Waals surface area contributed by atoms with Gasteiger partial charge in [-0.3, -0.25) is 0 Å². The van der Waals surface area contributed by atoms with Gasteiger partial charge in [0.25, 0.3) is 0 Å². The second kappa shape index (κ2) is 4.05. The molecule has 1 aromatic carbocycles. The highest BCUT2D eigenvalue weighted by Gasteiger charge is 1.96. The van der Waals surface area contributed by atoms with E-state index in [4.69, 9.17) is 0 Å². The van der Waals surface area contributed by atoms with Gasteiger partial charge in [-0.25, -0.2) is 4.39 Å². The lowest BCUT2D eigenvalue weighted by Crippen LogP contribution is -1.87. The van der Waals surface area contributed by atoms with Crippen molar-refractivity contribution in [1.29, 1.82) is 0 Å². The van der Waals surface area contributed by atoms with Gasteiger partial charge in [0.05, 0.1) is 0 Å². The summed E-state index contributed by atoms with van der Waals surface area (Å²) in [4.78, 5) is 0. The Morgan fingerprint density at radius 3 is 2.75 bits per heavy atom. The van der Waals surface area contributed by atoms with Gasteiger partial charge < -0.3 is 0 Å². The highest BCUT2D eigenvalue weighted by atomic mass is 19.1. The molecule has 0 unspecified atom stereocenters. The number of allylic oxidation sites excluding steroid dienone is 1. The topological polar surface area (TPSA) is 0 Å². The molecule has 0 radical (unpaired) electrons. The summed E-state index contributed by atoms with van der Waals surface area (Å²) in [5.74, 6) is -0.144. The minimum atomic E-state index is -0.144. The second-order valence-corrected chi connectivity index (χ2v) is 2.96. The summed E-state index contributed by atoms with van der Waals surface area (Å²) in [6.45, 7) is 5.53. The van der Waals surface area contributed by atoms with Crippen LogP contribution in [0.3, 0.4) is 0 Å². The predicted octanol–water partition coefficient (Wildman–Crippen LogP) is 3.25. The van der Waals surface area contributed by atoms with E-state index in [1.54, 1.807) is 6.07 Å². The molecular weight excluding hydrogens is 151 g/mol. The van der Waals surface area contributed by atoms with Gasteiger partial charge in [-0.15, -0.1) is 6.58 Å². The molecule has 0 heterocycles. The van der Waals surface area contributed by atoms with Crippen LogP contribution in [0, 0.1) is 12.7 Å². The number of rotatable bonds is 3. The molecule has 12 heavy (non-hydrogen) atoms. The molecular formula is C11H13F. The van der Waals surface area contributed by atoms with Crippen LogP contribution in [0.15, 0.2) is 30.9 Å². The van der Waals surface area contributed by atoms with E-state index in [0.717, 1.165) is 24.0 Å². The minimum Gasteiger partial charge on any atom is -0.207 e. The molecule has 0 nitrogen and oxygen atoms in total. The molecule has 0 fully saturated rings. The first-order chi connectivity index (χ1) is 5.72. The molecule has 0 atom stereocenters. The molecule has 1 heteroatoms. The summed E-state index contributed by atoms with van der Waals surface area (Å²) in [5, 5.41) is 0. The van der Waals surface area contributed by atoms with Crippen molar-refractivity contribution < 1.29 is 4.39 Å². The molecule has 0 aliphatic rings. The monoisotopic (exact) mass is 164 g/mol. The van der Waals surface area contributed by atoms with Crippen molar-refractivity contribution in [2.75, 3.05) is 0 Å². The molecule has 64 valence electrons. The third-order valence-corrected chi connectivity index (χ3v) is 1.74. The fourth-order valence-corrected chi connectivity index (χ4v) is 1.23. The molecule has 0 aliphatic heterocycles. The molecule has 0 saturated carbocycles. The van der Waals surface area contributed by atoms with E-state index in [-0.39, 0.29) is 5.82 Å². The van der Waals surface area contributed by atoms with E-state index in [0.29, 0.717) is 0 Å².